The van der Waals surface area contributed by atoms with Gasteiger partial charge in [0.15, 0.2) is 6.10 Å². The molecule has 0 saturated heterocycles. The highest BCUT2D eigenvalue weighted by Crippen LogP contribution is 2.18. The van der Waals surface area contributed by atoms with Crippen molar-refractivity contribution in [2.75, 3.05) is 13.2 Å². The highest BCUT2D eigenvalue weighted by atomic mass is 16.6. The van der Waals surface area contributed by atoms with E-state index in [9.17, 15) is 14.4 Å². The molecule has 6 heteroatoms. The van der Waals surface area contributed by atoms with Crippen molar-refractivity contribution in [3.8, 4) is 0 Å². The molecule has 482 valence electrons. The number of hydrogen-bond acceptors (Lipinski definition) is 6. The van der Waals surface area contributed by atoms with Gasteiger partial charge >= 0.3 is 17.9 Å². The summed E-state index contributed by atoms with van der Waals surface area (Å²) >= 11 is 0. The van der Waals surface area contributed by atoms with E-state index in [0.29, 0.717) is 19.3 Å². The van der Waals surface area contributed by atoms with Crippen LogP contribution in [0.15, 0.2) is 72.9 Å². The van der Waals surface area contributed by atoms with E-state index in [4.69, 9.17) is 14.2 Å². The van der Waals surface area contributed by atoms with E-state index < -0.39 is 6.10 Å². The summed E-state index contributed by atoms with van der Waals surface area (Å²) in [4.78, 5) is 38.5. The molecule has 0 aliphatic carbocycles. The Hall–Kier alpha value is -3.15. The largest absolute Gasteiger partial charge is 0.462 e. The van der Waals surface area contributed by atoms with Crippen LogP contribution in [0.5, 0.6) is 0 Å². The van der Waals surface area contributed by atoms with E-state index in [0.717, 1.165) is 83.5 Å². The third-order valence-corrected chi connectivity index (χ3v) is 16.2. The molecule has 0 aliphatic heterocycles. The first-order valence-corrected chi connectivity index (χ1v) is 36.4. The minimum atomic E-state index is -0.779. The van der Waals surface area contributed by atoms with Crippen LogP contribution in [0.1, 0.15) is 380 Å². The Balaban J connectivity index is 4.31. The lowest BCUT2D eigenvalue weighted by Gasteiger charge is -2.18. The summed E-state index contributed by atoms with van der Waals surface area (Å²) in [6, 6.07) is 0. The number of esters is 3. The fourth-order valence-electron chi connectivity index (χ4n) is 10.7. The van der Waals surface area contributed by atoms with Crippen LogP contribution in [-0.2, 0) is 28.6 Å². The Morgan fingerprint density at radius 3 is 0.747 bits per heavy atom. The number of allylic oxidation sites excluding steroid dienone is 12. The normalized spacial score (nSPS) is 12.5. The van der Waals surface area contributed by atoms with Gasteiger partial charge in [0.2, 0.25) is 0 Å². The van der Waals surface area contributed by atoms with Gasteiger partial charge in [-0.05, 0) is 109 Å². The maximum Gasteiger partial charge on any atom is 0.306 e. The van der Waals surface area contributed by atoms with Crippen molar-refractivity contribution in [3.05, 3.63) is 72.9 Å². The molecule has 0 radical (unpaired) electrons. The van der Waals surface area contributed by atoms with Crippen molar-refractivity contribution in [2.24, 2.45) is 0 Å². The number of rotatable bonds is 67. The SMILES string of the molecule is CC/C=C\C/C=C\C/C=C\C/C=C\CCCCCCCCCCCCCCCCC(=O)OCC(COC(=O)CCCCCCCCC/C=C\CCCCCCCC)OC(=O)CCCCCCCCCCC/C=C\CCCCCCCCCC. The minimum absolute atomic E-state index is 0.0744. The van der Waals surface area contributed by atoms with E-state index in [1.165, 1.54) is 257 Å². The van der Waals surface area contributed by atoms with Gasteiger partial charge in [0, 0.05) is 19.3 Å². The monoisotopic (exact) mass is 1160 g/mol. The van der Waals surface area contributed by atoms with Crippen LogP contribution in [0.25, 0.3) is 0 Å². The summed E-state index contributed by atoms with van der Waals surface area (Å²) in [5.74, 6) is -0.857. The van der Waals surface area contributed by atoms with Gasteiger partial charge in [0.05, 0.1) is 0 Å². The summed E-state index contributed by atoms with van der Waals surface area (Å²) in [5.41, 5.74) is 0. The van der Waals surface area contributed by atoms with Gasteiger partial charge in [-0.1, -0.05) is 325 Å². The molecule has 0 fully saturated rings. The fraction of sp³-hybridized carbons (Fsp3) is 0.805. The Morgan fingerprint density at radius 1 is 0.253 bits per heavy atom. The molecule has 6 nitrogen and oxygen atoms in total. The highest BCUT2D eigenvalue weighted by molar-refractivity contribution is 5.71. The van der Waals surface area contributed by atoms with Crippen molar-refractivity contribution in [3.63, 3.8) is 0 Å². The second-order valence-corrected chi connectivity index (χ2v) is 24.5. The third-order valence-electron chi connectivity index (χ3n) is 16.2. The first kappa shape index (κ1) is 79.8. The predicted octanol–water partition coefficient (Wildman–Crippen LogP) is 25.2. The zero-order valence-corrected chi connectivity index (χ0v) is 55.5. The second kappa shape index (κ2) is 71.3. The van der Waals surface area contributed by atoms with Crippen LogP contribution in [-0.4, -0.2) is 37.2 Å². The summed E-state index contributed by atoms with van der Waals surface area (Å²) < 4.78 is 17.0. The molecule has 1 atom stereocenters. The summed E-state index contributed by atoms with van der Waals surface area (Å²) in [6.07, 6.45) is 93.6. The number of carbonyl (C=O) groups is 3. The zero-order valence-electron chi connectivity index (χ0n) is 55.5. The maximum absolute atomic E-state index is 13.0. The van der Waals surface area contributed by atoms with Crippen molar-refractivity contribution in [1.82, 2.24) is 0 Å². The predicted molar refractivity (Wildman–Crippen MR) is 362 cm³/mol. The topological polar surface area (TPSA) is 78.9 Å². The molecular weight excluding hydrogens is 1020 g/mol. The van der Waals surface area contributed by atoms with Crippen LogP contribution < -0.4 is 0 Å². The van der Waals surface area contributed by atoms with Crippen LogP contribution >= 0.6 is 0 Å². The Labute approximate surface area is 516 Å². The standard InChI is InChI=1S/C77H138O6/c1-4-7-10-13-16-19-22-25-28-31-33-35-36-37-38-39-40-42-43-46-49-52-55-58-61-64-67-70-76(79)82-73-74(72-81-75(78)69-66-63-60-57-54-51-48-45-30-27-24-21-18-15-12-9-6-3)83-77(80)71-68-65-62-59-56-53-50-47-44-41-34-32-29-26-23-20-17-14-11-8-5-2/h7,10,16,19,25,27-28,30,32-35,74H,4-6,8-9,11-15,17-18,20-24,26,29,31,36-73H2,1-3H3/b10-7-,19-16-,28-25-,30-27-,34-32-,35-33-. The van der Waals surface area contributed by atoms with Crippen LogP contribution in [0.4, 0.5) is 0 Å². The van der Waals surface area contributed by atoms with E-state index in [1.807, 2.05) is 0 Å². The number of ether oxygens (including phenoxy) is 3. The van der Waals surface area contributed by atoms with Gasteiger partial charge < -0.3 is 14.2 Å². The first-order valence-electron chi connectivity index (χ1n) is 36.4. The van der Waals surface area contributed by atoms with Gasteiger partial charge in [0.1, 0.15) is 13.2 Å². The number of carbonyl (C=O) groups excluding carboxylic acids is 3. The summed E-state index contributed by atoms with van der Waals surface area (Å²) in [5, 5.41) is 0. The second-order valence-electron chi connectivity index (χ2n) is 24.5. The van der Waals surface area contributed by atoms with E-state index in [1.54, 1.807) is 0 Å². The van der Waals surface area contributed by atoms with Crippen molar-refractivity contribution in [2.45, 2.75) is 386 Å². The number of hydrogen-bond donors (Lipinski definition) is 0. The molecule has 0 aromatic heterocycles. The first-order chi connectivity index (χ1) is 41.0. The lowest BCUT2D eigenvalue weighted by Crippen LogP contribution is -2.30. The van der Waals surface area contributed by atoms with E-state index in [-0.39, 0.29) is 31.1 Å². The Bertz CT molecular complexity index is 1520. The van der Waals surface area contributed by atoms with E-state index in [2.05, 4.69) is 93.7 Å². The summed E-state index contributed by atoms with van der Waals surface area (Å²) in [7, 11) is 0. The molecule has 0 aromatic carbocycles. The third kappa shape index (κ3) is 69.5. The molecule has 83 heavy (non-hydrogen) atoms. The van der Waals surface area contributed by atoms with Gasteiger partial charge in [-0.2, -0.15) is 0 Å². The molecular formula is C77H138O6. The molecule has 0 saturated carbocycles. The zero-order chi connectivity index (χ0) is 59.9. The Kier molecular flexibility index (Phi) is 68.6. The van der Waals surface area contributed by atoms with Crippen LogP contribution in [0, 0.1) is 0 Å². The smallest absolute Gasteiger partial charge is 0.306 e. The quantitative estimate of drug-likeness (QED) is 0.0261. The molecule has 1 unspecified atom stereocenters. The van der Waals surface area contributed by atoms with Gasteiger partial charge in [-0.3, -0.25) is 14.4 Å². The molecule has 0 heterocycles. The maximum atomic E-state index is 13.0. The Morgan fingerprint density at radius 2 is 0.470 bits per heavy atom. The van der Waals surface area contributed by atoms with Gasteiger partial charge in [-0.25, -0.2) is 0 Å². The lowest BCUT2D eigenvalue weighted by molar-refractivity contribution is -0.167. The molecule has 0 rings (SSSR count). The molecule has 0 spiro atoms. The summed E-state index contributed by atoms with van der Waals surface area (Å²) in [6.45, 7) is 6.58. The van der Waals surface area contributed by atoms with Crippen LogP contribution in [0.2, 0.25) is 0 Å². The van der Waals surface area contributed by atoms with Crippen molar-refractivity contribution >= 4 is 17.9 Å². The molecule has 0 aliphatic rings. The van der Waals surface area contributed by atoms with Gasteiger partial charge in [-0.15, -0.1) is 0 Å². The average Bonchev–Trinajstić information content (AvgIpc) is 3.49. The molecule has 0 amide bonds. The van der Waals surface area contributed by atoms with Gasteiger partial charge in [0.25, 0.3) is 0 Å². The average molecular weight is 1160 g/mol. The van der Waals surface area contributed by atoms with E-state index >= 15 is 0 Å². The molecule has 0 bridgehead atoms. The molecule has 0 N–H and O–H groups in total. The van der Waals surface area contributed by atoms with Crippen molar-refractivity contribution < 1.29 is 28.6 Å². The fourth-order valence-corrected chi connectivity index (χ4v) is 10.7. The number of unbranched alkanes of at least 4 members (excludes halogenated alkanes) is 44. The van der Waals surface area contributed by atoms with Crippen LogP contribution in [0.3, 0.4) is 0 Å². The van der Waals surface area contributed by atoms with Crippen molar-refractivity contribution in [1.29, 1.82) is 0 Å². The lowest BCUT2D eigenvalue weighted by atomic mass is 10.0. The minimum Gasteiger partial charge on any atom is -0.462 e. The molecule has 0 aromatic rings. The highest BCUT2D eigenvalue weighted by Gasteiger charge is 2.19.